The van der Waals surface area contributed by atoms with Gasteiger partial charge in [-0.15, -0.1) is 0 Å². The van der Waals surface area contributed by atoms with Gasteiger partial charge in [-0.1, -0.05) is 29.8 Å². The lowest BCUT2D eigenvalue weighted by Crippen LogP contribution is -2.23. The molecule has 5 aromatic rings. The first-order chi connectivity index (χ1) is 19.4. The number of carbonyl (C=O) groups excluding carboxylic acids is 1. The third-order valence-corrected chi connectivity index (χ3v) is 7.47. The number of likely N-dealkylation sites (N-methyl/N-ethyl adjacent to an activating group) is 1. The topological polar surface area (TPSA) is 98.8 Å². The molecule has 6 rings (SSSR count). The largest absolute Gasteiger partial charge is 0.337 e. The Kier molecular flexibility index (Phi) is 6.87. The molecule has 0 aliphatic carbocycles. The van der Waals surface area contributed by atoms with Crippen molar-refractivity contribution in [1.29, 1.82) is 0 Å². The summed E-state index contributed by atoms with van der Waals surface area (Å²) in [4.78, 5) is 24.1. The van der Waals surface area contributed by atoms with E-state index in [2.05, 4.69) is 35.7 Å². The fourth-order valence-corrected chi connectivity index (χ4v) is 5.21. The Bertz CT molecular complexity index is 1790. The summed E-state index contributed by atoms with van der Waals surface area (Å²) in [5.74, 6) is -1.84. The predicted octanol–water partition coefficient (Wildman–Crippen LogP) is 6.44. The molecule has 1 amide bonds. The zero-order valence-electron chi connectivity index (χ0n) is 21.4. The standard InChI is InChI=1S/C29H24ClF2N7O/c1-39-12-2-3-18(39)6-11-24(40)36-21-10-9-20-26(25(21)16-4-5-17-14-35-38-23(17)13-16)29(34-15-33-20)37-22-8-7-19(31)27(30)28(22)32/h4-11,13-15,18H,2-3,12H2,1H3,(H,35,38)(H,36,40)(H,33,34,37)/b11-6+/t18-/m1/s1. The highest BCUT2D eigenvalue weighted by Crippen LogP contribution is 2.40. The molecule has 3 aromatic carbocycles. The van der Waals surface area contributed by atoms with Gasteiger partial charge in [0.25, 0.3) is 0 Å². The van der Waals surface area contributed by atoms with Crippen LogP contribution in [0.15, 0.2) is 67.1 Å². The molecule has 0 spiro atoms. The minimum atomic E-state index is -0.944. The average Bonchev–Trinajstić information content (AvgIpc) is 3.60. The van der Waals surface area contributed by atoms with Crippen LogP contribution in [-0.4, -0.2) is 50.6 Å². The molecule has 1 saturated heterocycles. The number of anilines is 3. The first-order valence-corrected chi connectivity index (χ1v) is 13.1. The second kappa shape index (κ2) is 10.6. The highest BCUT2D eigenvalue weighted by atomic mass is 35.5. The number of hydrogen-bond acceptors (Lipinski definition) is 6. The number of nitrogens with one attached hydrogen (secondary N) is 3. The predicted molar refractivity (Wildman–Crippen MR) is 153 cm³/mol. The molecular weight excluding hydrogens is 536 g/mol. The van der Waals surface area contributed by atoms with E-state index in [-0.39, 0.29) is 23.5 Å². The molecule has 202 valence electrons. The van der Waals surface area contributed by atoms with Gasteiger partial charge in [-0.2, -0.15) is 5.10 Å². The molecule has 0 radical (unpaired) electrons. The second-order valence-corrected chi connectivity index (χ2v) is 10.0. The quantitative estimate of drug-likeness (QED) is 0.164. The maximum atomic E-state index is 14.8. The summed E-state index contributed by atoms with van der Waals surface area (Å²) >= 11 is 5.82. The summed E-state index contributed by atoms with van der Waals surface area (Å²) in [5.41, 5.74) is 3.15. The van der Waals surface area contributed by atoms with Crippen LogP contribution in [0.2, 0.25) is 5.02 Å². The normalized spacial score (nSPS) is 15.8. The molecule has 0 unspecified atom stereocenters. The minimum absolute atomic E-state index is 0.0561. The number of aromatic nitrogens is 4. The Morgan fingerprint density at radius 2 is 2.00 bits per heavy atom. The van der Waals surface area contributed by atoms with Crippen molar-refractivity contribution in [2.24, 2.45) is 0 Å². The summed E-state index contributed by atoms with van der Waals surface area (Å²) in [6, 6.07) is 11.8. The third kappa shape index (κ3) is 4.87. The molecule has 0 bridgehead atoms. The lowest BCUT2D eigenvalue weighted by atomic mass is 9.97. The number of fused-ring (bicyclic) bond motifs is 2. The number of aromatic amines is 1. The molecule has 8 nitrogen and oxygen atoms in total. The first-order valence-electron chi connectivity index (χ1n) is 12.7. The van der Waals surface area contributed by atoms with Crippen LogP contribution >= 0.6 is 11.6 Å². The minimum Gasteiger partial charge on any atom is -0.337 e. The molecular formula is C29H24ClF2N7O. The molecule has 3 N–H and O–H groups in total. The van der Waals surface area contributed by atoms with Gasteiger partial charge >= 0.3 is 0 Å². The number of hydrogen-bond donors (Lipinski definition) is 3. The van der Waals surface area contributed by atoms with E-state index in [0.717, 1.165) is 41.9 Å². The van der Waals surface area contributed by atoms with Crippen molar-refractivity contribution in [1.82, 2.24) is 25.1 Å². The fraction of sp³-hybridized carbons (Fsp3) is 0.172. The van der Waals surface area contributed by atoms with Crippen LogP contribution in [-0.2, 0) is 4.79 Å². The molecule has 0 saturated carbocycles. The van der Waals surface area contributed by atoms with Gasteiger partial charge in [0.2, 0.25) is 5.91 Å². The highest BCUT2D eigenvalue weighted by molar-refractivity contribution is 6.31. The SMILES string of the molecule is CN1CCC[C@@H]1/C=C/C(=O)Nc1ccc2ncnc(Nc3ccc(F)c(Cl)c3F)c2c1-c1ccc2cn[nH]c2c1. The van der Waals surface area contributed by atoms with E-state index in [1.807, 2.05) is 31.3 Å². The molecule has 40 heavy (non-hydrogen) atoms. The van der Waals surface area contributed by atoms with Crippen LogP contribution in [0.1, 0.15) is 12.8 Å². The Labute approximate surface area is 233 Å². The number of amides is 1. The van der Waals surface area contributed by atoms with Crippen molar-refractivity contribution < 1.29 is 13.6 Å². The Morgan fingerprint density at radius 3 is 2.83 bits per heavy atom. The van der Waals surface area contributed by atoms with Crippen molar-refractivity contribution in [2.75, 3.05) is 24.2 Å². The second-order valence-electron chi connectivity index (χ2n) is 9.66. The van der Waals surface area contributed by atoms with Crippen molar-refractivity contribution in [3.05, 3.63) is 83.8 Å². The number of carbonyl (C=O) groups is 1. The summed E-state index contributed by atoms with van der Waals surface area (Å²) < 4.78 is 28.7. The van der Waals surface area contributed by atoms with Gasteiger partial charge in [0.15, 0.2) is 5.82 Å². The van der Waals surface area contributed by atoms with Crippen molar-refractivity contribution in [2.45, 2.75) is 18.9 Å². The molecule has 2 aromatic heterocycles. The van der Waals surface area contributed by atoms with Gasteiger partial charge in [-0.3, -0.25) is 14.8 Å². The van der Waals surface area contributed by atoms with Crippen LogP contribution in [0.4, 0.5) is 26.0 Å². The van der Waals surface area contributed by atoms with E-state index in [0.29, 0.717) is 22.2 Å². The van der Waals surface area contributed by atoms with Crippen LogP contribution in [0.3, 0.4) is 0 Å². The zero-order chi connectivity index (χ0) is 27.8. The van der Waals surface area contributed by atoms with E-state index in [4.69, 9.17) is 11.6 Å². The van der Waals surface area contributed by atoms with E-state index in [1.165, 1.54) is 12.4 Å². The lowest BCUT2D eigenvalue weighted by Gasteiger charge is -2.17. The zero-order valence-corrected chi connectivity index (χ0v) is 22.1. The maximum absolute atomic E-state index is 14.8. The first kappa shape index (κ1) is 25.8. The number of likely N-dealkylation sites (tertiary alicyclic amines) is 1. The van der Waals surface area contributed by atoms with Gasteiger partial charge in [-0.05, 0) is 62.3 Å². The maximum Gasteiger partial charge on any atom is 0.248 e. The van der Waals surface area contributed by atoms with Gasteiger partial charge in [0, 0.05) is 28.8 Å². The van der Waals surface area contributed by atoms with Gasteiger partial charge in [-0.25, -0.2) is 18.7 Å². The van der Waals surface area contributed by atoms with Crippen LogP contribution < -0.4 is 10.6 Å². The Morgan fingerprint density at radius 1 is 1.15 bits per heavy atom. The van der Waals surface area contributed by atoms with Gasteiger partial charge in [0.1, 0.15) is 23.0 Å². The average molecular weight is 560 g/mol. The summed E-state index contributed by atoms with van der Waals surface area (Å²) in [7, 11) is 2.04. The summed E-state index contributed by atoms with van der Waals surface area (Å²) in [5, 5.41) is 13.8. The van der Waals surface area contributed by atoms with Crippen LogP contribution in [0, 0.1) is 11.6 Å². The number of nitrogens with zero attached hydrogens (tertiary/aromatic N) is 4. The fourth-order valence-electron chi connectivity index (χ4n) is 5.05. The molecule has 1 fully saturated rings. The molecule has 1 atom stereocenters. The van der Waals surface area contributed by atoms with Crippen molar-refractivity contribution in [3.63, 3.8) is 0 Å². The van der Waals surface area contributed by atoms with Crippen LogP contribution in [0.5, 0.6) is 0 Å². The van der Waals surface area contributed by atoms with E-state index >= 15 is 0 Å². The van der Waals surface area contributed by atoms with Crippen LogP contribution in [0.25, 0.3) is 32.9 Å². The lowest BCUT2D eigenvalue weighted by molar-refractivity contribution is -0.111. The third-order valence-electron chi connectivity index (χ3n) is 7.13. The monoisotopic (exact) mass is 559 g/mol. The van der Waals surface area contributed by atoms with Crippen molar-refractivity contribution >= 4 is 56.5 Å². The smallest absolute Gasteiger partial charge is 0.248 e. The van der Waals surface area contributed by atoms with E-state index in [1.54, 1.807) is 24.4 Å². The highest BCUT2D eigenvalue weighted by Gasteiger charge is 2.21. The summed E-state index contributed by atoms with van der Waals surface area (Å²) in [6.07, 6.45) is 8.61. The van der Waals surface area contributed by atoms with Gasteiger partial charge < -0.3 is 10.6 Å². The van der Waals surface area contributed by atoms with E-state index < -0.39 is 16.7 Å². The van der Waals surface area contributed by atoms with Crippen molar-refractivity contribution in [3.8, 4) is 11.1 Å². The molecule has 3 heterocycles. The molecule has 1 aliphatic rings. The number of rotatable bonds is 6. The van der Waals surface area contributed by atoms with Gasteiger partial charge in [0.05, 0.1) is 28.3 Å². The Balaban J connectivity index is 1.48. The molecule has 1 aliphatic heterocycles. The molecule has 11 heteroatoms. The number of halogens is 3. The van der Waals surface area contributed by atoms with E-state index in [9.17, 15) is 13.6 Å². The summed E-state index contributed by atoms with van der Waals surface area (Å²) in [6.45, 7) is 0.997. The number of benzene rings is 3. The number of H-pyrrole nitrogens is 1. The Hall–Kier alpha value is -4.41.